The monoisotopic (exact) mass is 370 g/mol. The zero-order valence-corrected chi connectivity index (χ0v) is 17.8. The van der Waals surface area contributed by atoms with E-state index in [0.717, 1.165) is 11.0 Å². The van der Waals surface area contributed by atoms with E-state index in [0.29, 0.717) is 0 Å². The van der Waals surface area contributed by atoms with E-state index in [2.05, 4.69) is 94.0 Å². The molecule has 0 aliphatic rings. The van der Waals surface area contributed by atoms with Gasteiger partial charge in [0.1, 0.15) is 0 Å². The number of pyridine rings is 2. The lowest BCUT2D eigenvalue weighted by atomic mass is 9.86. The number of hydrogen-bond acceptors (Lipinski definition) is 2. The zero-order chi connectivity index (χ0) is 20.4. The molecular weight excluding hydrogens is 340 g/mol. The predicted molar refractivity (Wildman–Crippen MR) is 121 cm³/mol. The van der Waals surface area contributed by atoms with Gasteiger partial charge in [-0.05, 0) is 46.2 Å². The van der Waals surface area contributed by atoms with Crippen molar-refractivity contribution in [1.29, 1.82) is 0 Å². The van der Waals surface area contributed by atoms with E-state index in [-0.39, 0.29) is 10.8 Å². The molecule has 0 aliphatic carbocycles. The maximum absolute atomic E-state index is 4.45. The van der Waals surface area contributed by atoms with Gasteiger partial charge in [0, 0.05) is 23.2 Å². The van der Waals surface area contributed by atoms with Gasteiger partial charge in [-0.3, -0.25) is 9.97 Å². The van der Waals surface area contributed by atoms with E-state index in [1.165, 1.54) is 21.9 Å². The molecule has 0 atom stereocenters. The summed E-state index contributed by atoms with van der Waals surface area (Å²) >= 11 is 0. The summed E-state index contributed by atoms with van der Waals surface area (Å²) in [6.45, 7) is 13.3. The van der Waals surface area contributed by atoms with Gasteiger partial charge in [0.2, 0.25) is 0 Å². The highest BCUT2D eigenvalue weighted by atomic mass is 14.7. The topological polar surface area (TPSA) is 25.8 Å². The van der Waals surface area contributed by atoms with Crippen molar-refractivity contribution in [2.45, 2.75) is 52.4 Å². The van der Waals surface area contributed by atoms with Gasteiger partial charge >= 0.3 is 0 Å². The minimum absolute atomic E-state index is 0.178. The van der Waals surface area contributed by atoms with Crippen molar-refractivity contribution in [3.8, 4) is 0 Å². The minimum Gasteiger partial charge on any atom is -0.256 e. The van der Waals surface area contributed by atoms with Crippen molar-refractivity contribution in [1.82, 2.24) is 9.97 Å². The average Bonchev–Trinajstić information content (AvgIpc) is 2.66. The minimum atomic E-state index is 0.178. The number of fused-ring (bicyclic) bond motifs is 2. The Morgan fingerprint density at radius 2 is 1.25 bits per heavy atom. The quantitative estimate of drug-likeness (QED) is 0.331. The molecule has 28 heavy (non-hydrogen) atoms. The molecule has 0 radical (unpaired) electrons. The van der Waals surface area contributed by atoms with Crippen LogP contribution in [0.3, 0.4) is 0 Å². The van der Waals surface area contributed by atoms with Crippen molar-refractivity contribution < 1.29 is 0 Å². The summed E-state index contributed by atoms with van der Waals surface area (Å²) < 4.78 is 0. The number of rotatable bonds is 0. The third kappa shape index (κ3) is 4.75. The first-order chi connectivity index (χ1) is 13.1. The van der Waals surface area contributed by atoms with E-state index in [9.17, 15) is 0 Å². The van der Waals surface area contributed by atoms with E-state index < -0.39 is 0 Å². The molecule has 2 nitrogen and oxygen atoms in total. The van der Waals surface area contributed by atoms with Crippen molar-refractivity contribution in [2.24, 2.45) is 0 Å². The van der Waals surface area contributed by atoms with Crippen LogP contribution in [0.25, 0.3) is 21.8 Å². The Kier molecular flexibility index (Phi) is 5.51. The SMILES string of the molecule is CC(C)(C)c1ccc2cccnc2c1.CC(C)(C)c1cnc2ccccc2c1. The summed E-state index contributed by atoms with van der Waals surface area (Å²) in [7, 11) is 0. The van der Waals surface area contributed by atoms with Gasteiger partial charge in [0.25, 0.3) is 0 Å². The molecule has 2 heterocycles. The number of benzene rings is 2. The second-order valence-electron chi connectivity index (χ2n) is 9.33. The van der Waals surface area contributed by atoms with Gasteiger partial charge in [0.15, 0.2) is 0 Å². The molecule has 4 rings (SSSR count). The zero-order valence-electron chi connectivity index (χ0n) is 17.8. The van der Waals surface area contributed by atoms with Crippen LogP contribution >= 0.6 is 0 Å². The number of hydrogen-bond donors (Lipinski definition) is 0. The first-order valence-corrected chi connectivity index (χ1v) is 9.85. The Morgan fingerprint density at radius 3 is 1.96 bits per heavy atom. The highest BCUT2D eigenvalue weighted by Gasteiger charge is 2.14. The largest absolute Gasteiger partial charge is 0.256 e. The first kappa shape index (κ1) is 20.0. The van der Waals surface area contributed by atoms with E-state index >= 15 is 0 Å². The number of nitrogens with zero attached hydrogens (tertiary/aromatic N) is 2. The van der Waals surface area contributed by atoms with Crippen LogP contribution in [-0.2, 0) is 10.8 Å². The Labute approximate surface area is 168 Å². The van der Waals surface area contributed by atoms with Gasteiger partial charge in [-0.2, -0.15) is 0 Å². The Balaban J connectivity index is 0.000000161. The molecule has 4 aromatic rings. The Bertz CT molecular complexity index is 993. The summed E-state index contributed by atoms with van der Waals surface area (Å²) in [6, 6.07) is 21.0. The third-order valence-electron chi connectivity index (χ3n) is 4.93. The number of aromatic nitrogens is 2. The smallest absolute Gasteiger partial charge is 0.0704 e. The van der Waals surface area contributed by atoms with E-state index in [1.54, 1.807) is 0 Å². The standard InChI is InChI=1S/2C13H15N/c1-13(2,3)11-7-6-10-5-4-8-14-12(10)9-11;1-13(2,3)11-8-10-6-4-5-7-12(10)14-9-11/h2*4-9H,1-3H3. The lowest BCUT2D eigenvalue weighted by Crippen LogP contribution is -2.11. The molecule has 0 saturated carbocycles. The van der Waals surface area contributed by atoms with Gasteiger partial charge in [-0.15, -0.1) is 0 Å². The van der Waals surface area contributed by atoms with Crippen molar-refractivity contribution in [3.63, 3.8) is 0 Å². The number of para-hydroxylation sites is 1. The van der Waals surface area contributed by atoms with Crippen LogP contribution in [0.2, 0.25) is 0 Å². The predicted octanol–water partition coefficient (Wildman–Crippen LogP) is 7.06. The average molecular weight is 371 g/mol. The van der Waals surface area contributed by atoms with Crippen LogP contribution in [0.4, 0.5) is 0 Å². The lowest BCUT2D eigenvalue weighted by molar-refractivity contribution is 0.588. The van der Waals surface area contributed by atoms with Crippen LogP contribution in [-0.4, -0.2) is 9.97 Å². The molecule has 0 aliphatic heterocycles. The van der Waals surface area contributed by atoms with Crippen molar-refractivity contribution >= 4 is 21.8 Å². The van der Waals surface area contributed by atoms with Crippen LogP contribution in [0.5, 0.6) is 0 Å². The molecule has 2 aromatic heterocycles. The first-order valence-electron chi connectivity index (χ1n) is 9.85. The molecule has 0 N–H and O–H groups in total. The van der Waals surface area contributed by atoms with Crippen molar-refractivity contribution in [2.75, 3.05) is 0 Å². The van der Waals surface area contributed by atoms with Crippen molar-refractivity contribution in [3.05, 3.63) is 84.2 Å². The molecule has 0 unspecified atom stereocenters. The molecular formula is C26H30N2. The molecule has 0 amide bonds. The molecule has 0 fully saturated rings. The summed E-state index contributed by atoms with van der Waals surface area (Å²) in [6.07, 6.45) is 3.82. The summed E-state index contributed by atoms with van der Waals surface area (Å²) in [5.41, 5.74) is 5.16. The van der Waals surface area contributed by atoms with Crippen LogP contribution in [0.15, 0.2) is 73.1 Å². The lowest BCUT2D eigenvalue weighted by Gasteiger charge is -2.19. The molecule has 0 spiro atoms. The van der Waals surface area contributed by atoms with Gasteiger partial charge in [-0.1, -0.05) is 77.9 Å². The van der Waals surface area contributed by atoms with Crippen LogP contribution < -0.4 is 0 Å². The van der Waals surface area contributed by atoms with Crippen LogP contribution in [0, 0.1) is 0 Å². The third-order valence-corrected chi connectivity index (χ3v) is 4.93. The second kappa shape index (κ2) is 7.71. The molecule has 0 bridgehead atoms. The molecule has 0 saturated heterocycles. The molecule has 2 aromatic carbocycles. The maximum atomic E-state index is 4.45. The van der Waals surface area contributed by atoms with E-state index in [1.807, 2.05) is 30.6 Å². The fourth-order valence-corrected chi connectivity index (χ4v) is 3.01. The van der Waals surface area contributed by atoms with E-state index in [4.69, 9.17) is 0 Å². The maximum Gasteiger partial charge on any atom is 0.0704 e. The Hall–Kier alpha value is -2.74. The second-order valence-corrected chi connectivity index (χ2v) is 9.33. The Morgan fingerprint density at radius 1 is 0.571 bits per heavy atom. The fraction of sp³-hybridized carbons (Fsp3) is 0.308. The molecule has 144 valence electrons. The normalized spacial score (nSPS) is 11.9. The van der Waals surface area contributed by atoms with Crippen LogP contribution in [0.1, 0.15) is 52.7 Å². The molecule has 2 heteroatoms. The van der Waals surface area contributed by atoms with Gasteiger partial charge in [-0.25, -0.2) is 0 Å². The van der Waals surface area contributed by atoms with Gasteiger partial charge < -0.3 is 0 Å². The summed E-state index contributed by atoms with van der Waals surface area (Å²) in [5, 5.41) is 2.43. The fourth-order valence-electron chi connectivity index (χ4n) is 3.01. The highest BCUT2D eigenvalue weighted by molar-refractivity contribution is 5.79. The highest BCUT2D eigenvalue weighted by Crippen LogP contribution is 2.25. The van der Waals surface area contributed by atoms with Gasteiger partial charge in [0.05, 0.1) is 11.0 Å². The summed E-state index contributed by atoms with van der Waals surface area (Å²) in [4.78, 5) is 8.80. The summed E-state index contributed by atoms with van der Waals surface area (Å²) in [5.74, 6) is 0.